The summed E-state index contributed by atoms with van der Waals surface area (Å²) >= 11 is 0. The van der Waals surface area contributed by atoms with E-state index in [0.717, 1.165) is 30.1 Å². The van der Waals surface area contributed by atoms with Gasteiger partial charge in [0.05, 0.1) is 5.69 Å². The second kappa shape index (κ2) is 7.61. The molecule has 3 rings (SSSR count). The maximum atomic E-state index is 5.71. The van der Waals surface area contributed by atoms with Crippen molar-refractivity contribution in [2.45, 2.75) is 6.92 Å². The Bertz CT molecular complexity index is 721. The molecule has 1 heterocycles. The summed E-state index contributed by atoms with van der Waals surface area (Å²) in [5.74, 6) is 0.899. The summed E-state index contributed by atoms with van der Waals surface area (Å²) in [6.07, 6.45) is 1.77. The lowest BCUT2D eigenvalue weighted by Gasteiger charge is -2.08. The van der Waals surface area contributed by atoms with Gasteiger partial charge in [0.2, 0.25) is 0 Å². The monoisotopic (exact) mass is 307 g/mol. The van der Waals surface area contributed by atoms with Crippen LogP contribution in [0.1, 0.15) is 6.92 Å². The van der Waals surface area contributed by atoms with Crippen molar-refractivity contribution in [3.63, 3.8) is 0 Å². The number of nitrogens with zero attached hydrogens (tertiary/aromatic N) is 1. The number of hydrogen-bond acceptors (Lipinski definition) is 3. The minimum absolute atomic E-state index is 0.683. The molecule has 0 spiro atoms. The van der Waals surface area contributed by atoms with Crippen molar-refractivity contribution in [1.29, 1.82) is 0 Å². The molecule has 23 heavy (non-hydrogen) atoms. The van der Waals surface area contributed by atoms with E-state index >= 15 is 0 Å². The number of benzene rings is 2. The lowest BCUT2D eigenvalue weighted by Crippen LogP contribution is -2.20. The van der Waals surface area contributed by atoms with Crippen LogP contribution in [0.15, 0.2) is 60.8 Å². The highest BCUT2D eigenvalue weighted by atomic mass is 16.5. The Balaban J connectivity index is 1.71. The van der Waals surface area contributed by atoms with E-state index in [1.165, 1.54) is 11.1 Å². The quantitative estimate of drug-likeness (QED) is 0.654. The second-order valence-corrected chi connectivity index (χ2v) is 5.28. The predicted octanol–water partition coefficient (Wildman–Crippen LogP) is 3.73. The summed E-state index contributed by atoms with van der Waals surface area (Å²) in [5, 5.41) is 10.2. The van der Waals surface area contributed by atoms with Gasteiger partial charge in [0, 0.05) is 18.3 Å². The van der Waals surface area contributed by atoms with Crippen molar-refractivity contribution < 1.29 is 4.74 Å². The standard InChI is InChI=1S/C19H21N3O/c1-2-20-12-13-23-18-8-6-15(7-9-18)16-4-3-5-17(14-16)19-10-11-21-22-19/h3-11,14,20H,2,12-13H2,1H3,(H,21,22). The fourth-order valence-electron chi connectivity index (χ4n) is 2.44. The predicted molar refractivity (Wildman–Crippen MR) is 93.5 cm³/mol. The number of aromatic amines is 1. The number of ether oxygens (including phenoxy) is 1. The molecule has 0 amide bonds. The molecule has 0 bridgehead atoms. The highest BCUT2D eigenvalue weighted by Crippen LogP contribution is 2.26. The van der Waals surface area contributed by atoms with Crippen molar-refractivity contribution in [1.82, 2.24) is 15.5 Å². The molecule has 0 unspecified atom stereocenters. The van der Waals surface area contributed by atoms with E-state index in [0.29, 0.717) is 6.61 Å². The van der Waals surface area contributed by atoms with Gasteiger partial charge in [-0.25, -0.2) is 0 Å². The molecule has 0 radical (unpaired) electrons. The number of rotatable bonds is 7. The van der Waals surface area contributed by atoms with Gasteiger partial charge in [0.15, 0.2) is 0 Å². The molecule has 118 valence electrons. The Kier molecular flexibility index (Phi) is 5.06. The van der Waals surface area contributed by atoms with Gasteiger partial charge in [-0.2, -0.15) is 5.10 Å². The normalized spacial score (nSPS) is 10.7. The van der Waals surface area contributed by atoms with Crippen LogP contribution in [-0.4, -0.2) is 29.9 Å². The number of likely N-dealkylation sites (N-methyl/N-ethyl adjacent to an activating group) is 1. The Morgan fingerprint density at radius 2 is 1.83 bits per heavy atom. The zero-order valence-electron chi connectivity index (χ0n) is 13.3. The fourth-order valence-corrected chi connectivity index (χ4v) is 2.44. The number of aromatic nitrogens is 2. The number of nitrogens with one attached hydrogen (secondary N) is 2. The topological polar surface area (TPSA) is 49.9 Å². The average molecular weight is 307 g/mol. The van der Waals surface area contributed by atoms with Crippen LogP contribution in [0.2, 0.25) is 0 Å². The summed E-state index contributed by atoms with van der Waals surface area (Å²) in [6, 6.07) is 18.6. The summed E-state index contributed by atoms with van der Waals surface area (Å²) in [6.45, 7) is 4.61. The molecule has 4 nitrogen and oxygen atoms in total. The van der Waals surface area contributed by atoms with E-state index in [9.17, 15) is 0 Å². The minimum atomic E-state index is 0.683. The third-order valence-corrected chi connectivity index (χ3v) is 3.66. The maximum Gasteiger partial charge on any atom is 0.119 e. The van der Waals surface area contributed by atoms with Gasteiger partial charge in [-0.3, -0.25) is 5.10 Å². The van der Waals surface area contributed by atoms with Crippen LogP contribution in [0.4, 0.5) is 0 Å². The summed E-state index contributed by atoms with van der Waals surface area (Å²) in [4.78, 5) is 0. The minimum Gasteiger partial charge on any atom is -0.492 e. The van der Waals surface area contributed by atoms with Gasteiger partial charge in [0.1, 0.15) is 12.4 Å². The molecule has 0 aliphatic carbocycles. The van der Waals surface area contributed by atoms with Gasteiger partial charge in [-0.05, 0) is 41.9 Å². The van der Waals surface area contributed by atoms with Gasteiger partial charge in [-0.1, -0.05) is 37.3 Å². The third kappa shape index (κ3) is 3.99. The molecule has 0 aliphatic rings. The molecule has 2 aromatic carbocycles. The molecule has 0 saturated heterocycles. The summed E-state index contributed by atoms with van der Waals surface area (Å²) in [7, 11) is 0. The Morgan fingerprint density at radius 3 is 2.57 bits per heavy atom. The molecule has 1 aromatic heterocycles. The highest BCUT2D eigenvalue weighted by molar-refractivity contribution is 5.71. The number of hydrogen-bond donors (Lipinski definition) is 2. The molecule has 0 saturated carbocycles. The lowest BCUT2D eigenvalue weighted by atomic mass is 10.0. The van der Waals surface area contributed by atoms with Crippen LogP contribution in [-0.2, 0) is 0 Å². The first-order valence-electron chi connectivity index (χ1n) is 7.90. The van der Waals surface area contributed by atoms with Crippen molar-refractivity contribution in [2.24, 2.45) is 0 Å². The Morgan fingerprint density at radius 1 is 1.00 bits per heavy atom. The first-order chi connectivity index (χ1) is 11.4. The van der Waals surface area contributed by atoms with Crippen LogP contribution in [0.5, 0.6) is 5.75 Å². The zero-order valence-corrected chi connectivity index (χ0v) is 13.3. The molecule has 0 aliphatic heterocycles. The lowest BCUT2D eigenvalue weighted by molar-refractivity contribution is 0.315. The molecule has 0 fully saturated rings. The van der Waals surface area contributed by atoms with Gasteiger partial charge >= 0.3 is 0 Å². The summed E-state index contributed by atoms with van der Waals surface area (Å²) in [5.41, 5.74) is 4.50. The number of H-pyrrole nitrogens is 1. The SMILES string of the molecule is CCNCCOc1ccc(-c2cccc(-c3ccn[nH]3)c2)cc1. The fraction of sp³-hybridized carbons (Fsp3) is 0.211. The molecular formula is C19H21N3O. The Hall–Kier alpha value is -2.59. The molecule has 3 aromatic rings. The third-order valence-electron chi connectivity index (χ3n) is 3.66. The molecule has 2 N–H and O–H groups in total. The van der Waals surface area contributed by atoms with Gasteiger partial charge in [-0.15, -0.1) is 0 Å². The van der Waals surface area contributed by atoms with E-state index in [2.05, 4.69) is 58.8 Å². The smallest absolute Gasteiger partial charge is 0.119 e. The first-order valence-corrected chi connectivity index (χ1v) is 7.90. The molecular weight excluding hydrogens is 286 g/mol. The van der Waals surface area contributed by atoms with Crippen molar-refractivity contribution in [2.75, 3.05) is 19.7 Å². The Labute approximate surface area is 136 Å². The molecule has 4 heteroatoms. The second-order valence-electron chi connectivity index (χ2n) is 5.28. The van der Waals surface area contributed by atoms with Crippen LogP contribution in [0.25, 0.3) is 22.4 Å². The van der Waals surface area contributed by atoms with Crippen LogP contribution in [0, 0.1) is 0 Å². The zero-order chi connectivity index (χ0) is 15.9. The van der Waals surface area contributed by atoms with Gasteiger partial charge in [0.25, 0.3) is 0 Å². The van der Waals surface area contributed by atoms with Crippen LogP contribution < -0.4 is 10.1 Å². The van der Waals surface area contributed by atoms with E-state index in [4.69, 9.17) is 4.74 Å². The van der Waals surface area contributed by atoms with Crippen molar-refractivity contribution in [3.05, 3.63) is 60.8 Å². The van der Waals surface area contributed by atoms with E-state index in [1.807, 2.05) is 18.2 Å². The largest absolute Gasteiger partial charge is 0.492 e. The van der Waals surface area contributed by atoms with Crippen LogP contribution in [0.3, 0.4) is 0 Å². The maximum absolute atomic E-state index is 5.71. The molecule has 0 atom stereocenters. The van der Waals surface area contributed by atoms with Crippen LogP contribution >= 0.6 is 0 Å². The van der Waals surface area contributed by atoms with Crippen molar-refractivity contribution >= 4 is 0 Å². The summed E-state index contributed by atoms with van der Waals surface area (Å²) < 4.78 is 5.71. The van der Waals surface area contributed by atoms with Gasteiger partial charge < -0.3 is 10.1 Å². The highest BCUT2D eigenvalue weighted by Gasteiger charge is 2.03. The van der Waals surface area contributed by atoms with Crippen molar-refractivity contribution in [3.8, 4) is 28.1 Å². The average Bonchev–Trinajstić information content (AvgIpc) is 3.14. The van der Waals surface area contributed by atoms with E-state index < -0.39 is 0 Å². The van der Waals surface area contributed by atoms with E-state index in [1.54, 1.807) is 6.20 Å². The first kappa shape index (κ1) is 15.3. The van der Waals surface area contributed by atoms with E-state index in [-0.39, 0.29) is 0 Å².